The van der Waals surface area contributed by atoms with Crippen LogP contribution in [0, 0.1) is 6.92 Å². The van der Waals surface area contributed by atoms with Crippen molar-refractivity contribution in [2.45, 2.75) is 26.3 Å². The van der Waals surface area contributed by atoms with E-state index in [1.807, 2.05) is 26.1 Å². The van der Waals surface area contributed by atoms with Crippen molar-refractivity contribution in [3.05, 3.63) is 81.2 Å². The molecule has 1 saturated heterocycles. The number of aryl methyl sites for hydroxylation is 1. The summed E-state index contributed by atoms with van der Waals surface area (Å²) in [6, 6.07) is 17.0. The average molecular weight is 468 g/mol. The summed E-state index contributed by atoms with van der Waals surface area (Å²) in [5.74, 6) is -0.342. The normalized spacial score (nSPS) is 13.3. The molecule has 3 aromatic rings. The van der Waals surface area contributed by atoms with Crippen LogP contribution in [-0.4, -0.2) is 36.9 Å². The second-order valence-electron chi connectivity index (χ2n) is 8.04. The molecule has 1 aliphatic heterocycles. The summed E-state index contributed by atoms with van der Waals surface area (Å²) in [7, 11) is 1.82. The third-order valence-corrected chi connectivity index (χ3v) is 7.13. The van der Waals surface area contributed by atoms with Gasteiger partial charge in [-0.15, -0.1) is 11.3 Å². The molecule has 5 nitrogen and oxygen atoms in total. The fourth-order valence-electron chi connectivity index (χ4n) is 3.99. The minimum atomic E-state index is -0.288. The monoisotopic (exact) mass is 467 g/mol. The Morgan fingerprint density at radius 1 is 1.09 bits per heavy atom. The van der Waals surface area contributed by atoms with Gasteiger partial charge in [-0.3, -0.25) is 9.59 Å². The number of anilines is 2. The Hall–Kier alpha value is -2.83. The summed E-state index contributed by atoms with van der Waals surface area (Å²) in [5, 5.41) is 3.89. The molecule has 0 aliphatic carbocycles. The summed E-state index contributed by atoms with van der Waals surface area (Å²) >= 11 is 7.42. The highest BCUT2D eigenvalue weighted by Gasteiger charge is 2.22. The van der Waals surface area contributed by atoms with E-state index < -0.39 is 0 Å². The van der Waals surface area contributed by atoms with Crippen LogP contribution < -0.4 is 10.2 Å². The van der Waals surface area contributed by atoms with Gasteiger partial charge >= 0.3 is 0 Å². The lowest BCUT2D eigenvalue weighted by Crippen LogP contribution is -2.27. The maximum Gasteiger partial charge on any atom is 0.264 e. The second kappa shape index (κ2) is 9.76. The summed E-state index contributed by atoms with van der Waals surface area (Å²) in [4.78, 5) is 30.6. The molecule has 2 aromatic carbocycles. The van der Waals surface area contributed by atoms with E-state index in [-0.39, 0.29) is 11.8 Å². The van der Waals surface area contributed by atoms with E-state index >= 15 is 0 Å². The van der Waals surface area contributed by atoms with E-state index in [0.717, 1.165) is 24.2 Å². The maximum atomic E-state index is 13.2. The SMILES string of the molecule is Cc1cc(NC(=O)c2ccccc2Cl)sc1C(=O)N(C)Cc1ccccc1N1CCCC1. The molecule has 0 spiro atoms. The Morgan fingerprint density at radius 3 is 2.53 bits per heavy atom. The zero-order chi connectivity index (χ0) is 22.7. The van der Waals surface area contributed by atoms with E-state index in [1.54, 1.807) is 29.2 Å². The first kappa shape index (κ1) is 22.4. The molecular formula is C25H26ClN3O2S. The molecule has 4 rings (SSSR count). The van der Waals surface area contributed by atoms with Gasteiger partial charge in [-0.2, -0.15) is 0 Å². The predicted molar refractivity (Wildman–Crippen MR) is 132 cm³/mol. The highest BCUT2D eigenvalue weighted by atomic mass is 35.5. The highest BCUT2D eigenvalue weighted by molar-refractivity contribution is 7.18. The van der Waals surface area contributed by atoms with Crippen molar-refractivity contribution in [3.63, 3.8) is 0 Å². The van der Waals surface area contributed by atoms with Crippen molar-refractivity contribution in [1.29, 1.82) is 0 Å². The van der Waals surface area contributed by atoms with Gasteiger partial charge in [-0.1, -0.05) is 41.9 Å². The minimum Gasteiger partial charge on any atom is -0.371 e. The van der Waals surface area contributed by atoms with Gasteiger partial charge in [0.25, 0.3) is 11.8 Å². The lowest BCUT2D eigenvalue weighted by molar-refractivity contribution is 0.0789. The number of thiophene rings is 1. The third kappa shape index (κ3) is 4.81. The molecule has 0 radical (unpaired) electrons. The van der Waals surface area contributed by atoms with Gasteiger partial charge in [0.1, 0.15) is 0 Å². The van der Waals surface area contributed by atoms with E-state index in [1.165, 1.54) is 29.9 Å². The first-order valence-corrected chi connectivity index (χ1v) is 11.9. The number of hydrogen-bond donors (Lipinski definition) is 1. The van der Waals surface area contributed by atoms with E-state index in [0.29, 0.717) is 27.0 Å². The van der Waals surface area contributed by atoms with Gasteiger partial charge in [-0.25, -0.2) is 0 Å². The average Bonchev–Trinajstić information content (AvgIpc) is 3.44. The molecule has 0 bridgehead atoms. The van der Waals surface area contributed by atoms with Crippen molar-refractivity contribution in [2.75, 3.05) is 30.4 Å². The molecule has 1 aliphatic rings. The molecular weight excluding hydrogens is 442 g/mol. The molecule has 2 heterocycles. The van der Waals surface area contributed by atoms with Crippen molar-refractivity contribution in [1.82, 2.24) is 4.90 Å². The van der Waals surface area contributed by atoms with Gasteiger partial charge < -0.3 is 15.1 Å². The molecule has 1 aromatic heterocycles. The fourth-order valence-corrected chi connectivity index (χ4v) is 5.28. The standard InChI is InChI=1S/C25H26ClN3O2S/c1-17-15-22(27-24(30)19-10-4-5-11-20(19)26)32-23(17)25(31)28(2)16-18-9-3-6-12-21(18)29-13-7-8-14-29/h3-6,9-12,15H,7-8,13-14,16H2,1-2H3,(H,27,30). The lowest BCUT2D eigenvalue weighted by atomic mass is 10.1. The smallest absolute Gasteiger partial charge is 0.264 e. The number of carbonyl (C=O) groups is 2. The highest BCUT2D eigenvalue weighted by Crippen LogP contribution is 2.30. The van der Waals surface area contributed by atoms with Crippen LogP contribution in [-0.2, 0) is 6.54 Å². The van der Waals surface area contributed by atoms with Crippen LogP contribution in [0.5, 0.6) is 0 Å². The number of nitrogens with zero attached hydrogens (tertiary/aromatic N) is 2. The number of benzene rings is 2. The Balaban J connectivity index is 1.48. The van der Waals surface area contributed by atoms with Crippen LogP contribution >= 0.6 is 22.9 Å². The number of hydrogen-bond acceptors (Lipinski definition) is 4. The van der Waals surface area contributed by atoms with Crippen molar-refractivity contribution in [2.24, 2.45) is 0 Å². The largest absolute Gasteiger partial charge is 0.371 e. The summed E-state index contributed by atoms with van der Waals surface area (Å²) in [6.07, 6.45) is 2.42. The quantitative estimate of drug-likeness (QED) is 0.495. The second-order valence-corrected chi connectivity index (χ2v) is 9.50. The van der Waals surface area contributed by atoms with Crippen LogP contribution in [0.3, 0.4) is 0 Å². The summed E-state index contributed by atoms with van der Waals surface area (Å²) in [6.45, 7) is 4.55. The van der Waals surface area contributed by atoms with E-state index in [2.05, 4.69) is 28.4 Å². The topological polar surface area (TPSA) is 52.7 Å². The zero-order valence-electron chi connectivity index (χ0n) is 18.2. The van der Waals surface area contributed by atoms with Crippen LogP contribution in [0.2, 0.25) is 5.02 Å². The van der Waals surface area contributed by atoms with Crippen LogP contribution in [0.15, 0.2) is 54.6 Å². The van der Waals surface area contributed by atoms with E-state index in [9.17, 15) is 9.59 Å². The number of amides is 2. The lowest BCUT2D eigenvalue weighted by Gasteiger charge is -2.24. The Labute approximate surface area is 197 Å². The summed E-state index contributed by atoms with van der Waals surface area (Å²) < 4.78 is 0. The molecule has 1 fully saturated rings. The van der Waals surface area contributed by atoms with Crippen molar-refractivity contribution < 1.29 is 9.59 Å². The van der Waals surface area contributed by atoms with Gasteiger partial charge in [-0.05, 0) is 55.2 Å². The molecule has 0 atom stereocenters. The van der Waals surface area contributed by atoms with Gasteiger partial charge in [0.05, 0.1) is 20.5 Å². The Bertz CT molecular complexity index is 1140. The molecule has 166 valence electrons. The first-order chi connectivity index (χ1) is 15.4. The summed E-state index contributed by atoms with van der Waals surface area (Å²) in [5.41, 5.74) is 3.60. The number of halogens is 1. The Kier molecular flexibility index (Phi) is 6.82. The number of nitrogens with one attached hydrogen (secondary N) is 1. The first-order valence-electron chi connectivity index (χ1n) is 10.7. The van der Waals surface area contributed by atoms with E-state index in [4.69, 9.17) is 11.6 Å². The number of carbonyl (C=O) groups excluding carboxylic acids is 2. The third-order valence-electron chi connectivity index (χ3n) is 5.66. The predicted octanol–water partition coefficient (Wildman–Crippen LogP) is 5.83. The number of rotatable bonds is 6. The molecule has 32 heavy (non-hydrogen) atoms. The van der Waals surface area contributed by atoms with Crippen LogP contribution in [0.1, 0.15) is 44.0 Å². The molecule has 0 saturated carbocycles. The molecule has 7 heteroatoms. The van der Waals surface area contributed by atoms with Crippen LogP contribution in [0.4, 0.5) is 10.7 Å². The zero-order valence-corrected chi connectivity index (χ0v) is 19.8. The molecule has 2 amide bonds. The van der Waals surface area contributed by atoms with Gasteiger partial charge in [0, 0.05) is 32.4 Å². The molecule has 1 N–H and O–H groups in total. The van der Waals surface area contributed by atoms with Gasteiger partial charge in [0.2, 0.25) is 0 Å². The minimum absolute atomic E-state index is 0.0537. The Morgan fingerprint density at radius 2 is 1.78 bits per heavy atom. The van der Waals surface area contributed by atoms with Crippen molar-refractivity contribution >= 4 is 45.4 Å². The fraction of sp³-hybridized carbons (Fsp3) is 0.280. The van der Waals surface area contributed by atoms with Crippen molar-refractivity contribution in [3.8, 4) is 0 Å². The molecule has 0 unspecified atom stereocenters. The van der Waals surface area contributed by atoms with Gasteiger partial charge in [0.15, 0.2) is 0 Å². The van der Waals surface area contributed by atoms with Crippen LogP contribution in [0.25, 0.3) is 0 Å². The maximum absolute atomic E-state index is 13.2. The number of para-hydroxylation sites is 1.